The monoisotopic (exact) mass is 730 g/mol. The van der Waals surface area contributed by atoms with Crippen molar-refractivity contribution in [3.05, 3.63) is 157 Å². The second-order valence-corrected chi connectivity index (χ2v) is 17.6. The first-order chi connectivity index (χ1) is 28.2. The Balaban J connectivity index is 1.15. The third kappa shape index (κ3) is 3.88. The lowest BCUT2D eigenvalue weighted by molar-refractivity contribution is -0.0393. The van der Waals surface area contributed by atoms with Crippen LogP contribution in [0.3, 0.4) is 0 Å². The van der Waals surface area contributed by atoms with Gasteiger partial charge >= 0.3 is 0 Å². The lowest BCUT2D eigenvalue weighted by Crippen LogP contribution is -2.55. The zero-order valence-electron chi connectivity index (χ0n) is 31.5. The van der Waals surface area contributed by atoms with Gasteiger partial charge in [-0.25, -0.2) is 9.97 Å². The summed E-state index contributed by atoms with van der Waals surface area (Å²) in [6.45, 7) is 0. The average molecular weight is 731 g/mol. The number of para-hydroxylation sites is 1. The molecule has 10 aromatic rings. The largest absolute Gasteiger partial charge is 0.456 e. The smallest absolute Gasteiger partial charge is 0.135 e. The van der Waals surface area contributed by atoms with Crippen molar-refractivity contribution in [2.24, 2.45) is 23.7 Å². The molecular formula is C54H38N2O. The summed E-state index contributed by atoms with van der Waals surface area (Å²) in [7, 11) is 0. The van der Waals surface area contributed by atoms with E-state index >= 15 is 0 Å². The molecule has 0 radical (unpaired) electrons. The van der Waals surface area contributed by atoms with E-state index in [0.29, 0.717) is 11.8 Å². The predicted octanol–water partition coefficient (Wildman–Crippen LogP) is 14.0. The molecule has 8 aromatic carbocycles. The summed E-state index contributed by atoms with van der Waals surface area (Å²) < 4.78 is 6.70. The van der Waals surface area contributed by atoms with Gasteiger partial charge in [0.15, 0.2) is 0 Å². The van der Waals surface area contributed by atoms with Gasteiger partial charge in [0.2, 0.25) is 0 Å². The Hall–Kier alpha value is -6.32. The summed E-state index contributed by atoms with van der Waals surface area (Å²) in [5.74, 6) is 2.96. The number of furan rings is 1. The Bertz CT molecular complexity index is 3350. The second-order valence-electron chi connectivity index (χ2n) is 17.6. The van der Waals surface area contributed by atoms with Crippen molar-refractivity contribution in [1.82, 2.24) is 9.97 Å². The minimum atomic E-state index is -0.0437. The molecule has 1 spiro atoms. The van der Waals surface area contributed by atoms with Crippen LogP contribution in [0.15, 0.2) is 150 Å². The molecule has 4 saturated carbocycles. The van der Waals surface area contributed by atoms with Gasteiger partial charge in [0.25, 0.3) is 0 Å². The number of hydrogen-bond acceptors (Lipinski definition) is 3. The highest BCUT2D eigenvalue weighted by Crippen LogP contribution is 2.71. The van der Waals surface area contributed by atoms with Crippen LogP contribution in [-0.2, 0) is 5.41 Å². The Morgan fingerprint density at radius 3 is 1.81 bits per heavy atom. The summed E-state index contributed by atoms with van der Waals surface area (Å²) in [6.07, 6.45) is 6.73. The van der Waals surface area contributed by atoms with Crippen molar-refractivity contribution in [2.45, 2.75) is 37.5 Å². The second kappa shape index (κ2) is 11.0. The normalized spacial score (nSPS) is 23.2. The Morgan fingerprint density at radius 2 is 1.09 bits per heavy atom. The molecule has 4 fully saturated rings. The lowest BCUT2D eigenvalue weighted by atomic mass is 9.43. The maximum Gasteiger partial charge on any atom is 0.135 e. The van der Waals surface area contributed by atoms with E-state index in [1.807, 2.05) is 0 Å². The van der Waals surface area contributed by atoms with Gasteiger partial charge < -0.3 is 4.42 Å². The van der Waals surface area contributed by atoms with Crippen LogP contribution in [0.2, 0.25) is 0 Å². The molecule has 0 unspecified atom stereocenters. The van der Waals surface area contributed by atoms with Gasteiger partial charge in [-0.1, -0.05) is 133 Å². The number of hydrogen-bond donors (Lipinski definition) is 0. The molecule has 0 amide bonds. The van der Waals surface area contributed by atoms with Gasteiger partial charge in [-0.2, -0.15) is 0 Å². The van der Waals surface area contributed by atoms with Crippen LogP contribution >= 0.6 is 0 Å². The van der Waals surface area contributed by atoms with E-state index in [1.54, 1.807) is 5.56 Å². The van der Waals surface area contributed by atoms with E-state index < -0.39 is 0 Å². The third-order valence-electron chi connectivity index (χ3n) is 15.0. The number of aromatic nitrogens is 2. The molecular weight excluding hydrogens is 693 g/mol. The molecule has 0 saturated heterocycles. The first-order valence-electron chi connectivity index (χ1n) is 20.9. The van der Waals surface area contributed by atoms with Crippen molar-refractivity contribution in [2.75, 3.05) is 0 Å². The number of fused-ring (bicyclic) bond motifs is 15. The fraction of sp³-hybridized carbons (Fsp3) is 0.185. The van der Waals surface area contributed by atoms with E-state index in [4.69, 9.17) is 14.4 Å². The highest BCUT2D eigenvalue weighted by Gasteiger charge is 2.62. The highest BCUT2D eigenvalue weighted by atomic mass is 16.3. The fourth-order valence-electron chi connectivity index (χ4n) is 13.2. The maximum absolute atomic E-state index is 6.70. The molecule has 3 nitrogen and oxygen atoms in total. The van der Waals surface area contributed by atoms with E-state index in [0.717, 1.165) is 67.3 Å². The van der Waals surface area contributed by atoms with Gasteiger partial charge in [-0.3, -0.25) is 0 Å². The van der Waals surface area contributed by atoms with Crippen LogP contribution < -0.4 is 0 Å². The fourth-order valence-corrected chi connectivity index (χ4v) is 13.2. The summed E-state index contributed by atoms with van der Waals surface area (Å²) in [5.41, 5.74) is 13.8. The van der Waals surface area contributed by atoms with Crippen molar-refractivity contribution in [1.29, 1.82) is 0 Å². The Labute approximate surface area is 330 Å². The van der Waals surface area contributed by atoms with Gasteiger partial charge in [0.1, 0.15) is 11.2 Å². The van der Waals surface area contributed by atoms with E-state index in [9.17, 15) is 0 Å². The first kappa shape index (κ1) is 30.8. The molecule has 4 bridgehead atoms. The van der Waals surface area contributed by atoms with Gasteiger partial charge in [0.05, 0.1) is 22.4 Å². The number of rotatable bonds is 2. The van der Waals surface area contributed by atoms with Crippen LogP contribution in [0.4, 0.5) is 0 Å². The molecule has 0 N–H and O–H groups in total. The Morgan fingerprint density at radius 1 is 0.456 bits per heavy atom. The Kier molecular flexibility index (Phi) is 5.93. The molecule has 0 atom stereocenters. The highest BCUT2D eigenvalue weighted by molar-refractivity contribution is 6.24. The summed E-state index contributed by atoms with van der Waals surface area (Å²) in [6, 6.07) is 53.4. The van der Waals surface area contributed by atoms with E-state index in [2.05, 4.69) is 146 Å². The summed E-state index contributed by atoms with van der Waals surface area (Å²) in [5, 5.41) is 9.82. The first-order valence-corrected chi connectivity index (χ1v) is 20.9. The number of benzene rings is 8. The lowest BCUT2D eigenvalue weighted by Gasteiger charge is -2.61. The maximum atomic E-state index is 6.70. The van der Waals surface area contributed by atoms with E-state index in [-0.39, 0.29) is 5.41 Å². The zero-order valence-corrected chi connectivity index (χ0v) is 31.5. The minimum Gasteiger partial charge on any atom is -0.456 e. The molecule has 15 rings (SSSR count). The topological polar surface area (TPSA) is 38.9 Å². The summed E-state index contributed by atoms with van der Waals surface area (Å²) in [4.78, 5) is 11.5. The predicted molar refractivity (Wildman–Crippen MR) is 233 cm³/mol. The van der Waals surface area contributed by atoms with Gasteiger partial charge in [-0.15, -0.1) is 0 Å². The quantitative estimate of drug-likeness (QED) is 0.166. The number of nitrogens with zero attached hydrogens (tertiary/aromatic N) is 2. The van der Waals surface area contributed by atoms with Crippen molar-refractivity contribution in [3.8, 4) is 33.6 Å². The standard InChI is InChI=1S/C54H38N2O/c1-2-11-33(12-3-1)50-53(56-52-39-17-7-5-15-37(39)36-14-4-6-16-38(36)51(52)55-50)42-19-10-13-32-21-23-43-47(46(32)42)41-22-24-45-48(40-18-8-9-20-44(40)57-45)49(41)54(43)34-26-30-25-31(28-34)29-35(54)27-30/h1-24,30-31,34-35H,25-29H2. The molecule has 5 aliphatic rings. The van der Waals surface area contributed by atoms with Crippen molar-refractivity contribution < 1.29 is 4.42 Å². The van der Waals surface area contributed by atoms with Gasteiger partial charge in [0, 0.05) is 38.1 Å². The molecule has 2 heterocycles. The minimum absolute atomic E-state index is 0.0437. The SMILES string of the molecule is c1ccc(-c2nc3c4ccccc4c4ccccc4c3nc2-c2cccc3ccc4c(c23)-c2ccc3oc5ccccc5c3c2C42C3CC4CC(C3)CC2C4)cc1. The van der Waals surface area contributed by atoms with Crippen LogP contribution in [0, 0.1) is 23.7 Å². The van der Waals surface area contributed by atoms with Crippen LogP contribution in [0.5, 0.6) is 0 Å². The summed E-state index contributed by atoms with van der Waals surface area (Å²) >= 11 is 0. The third-order valence-corrected chi connectivity index (χ3v) is 15.0. The van der Waals surface area contributed by atoms with Crippen LogP contribution in [-0.4, -0.2) is 9.97 Å². The molecule has 5 aliphatic carbocycles. The van der Waals surface area contributed by atoms with Gasteiger partial charge in [-0.05, 0) is 112 Å². The van der Waals surface area contributed by atoms with Crippen molar-refractivity contribution in [3.63, 3.8) is 0 Å². The average Bonchev–Trinajstić information content (AvgIpc) is 3.79. The van der Waals surface area contributed by atoms with Crippen LogP contribution in [0.1, 0.15) is 43.2 Å². The zero-order chi connectivity index (χ0) is 37.0. The van der Waals surface area contributed by atoms with Crippen molar-refractivity contribution >= 4 is 65.3 Å². The molecule has 0 aliphatic heterocycles. The molecule has 270 valence electrons. The molecule has 57 heavy (non-hydrogen) atoms. The molecule has 2 aromatic heterocycles. The van der Waals surface area contributed by atoms with E-state index in [1.165, 1.54) is 81.1 Å². The molecule has 3 heteroatoms. The van der Waals surface area contributed by atoms with Crippen LogP contribution in [0.25, 0.3) is 98.9 Å².